The topological polar surface area (TPSA) is 47.3 Å². The molecule has 1 unspecified atom stereocenters. The maximum absolute atomic E-state index is 6.00. The van der Waals surface area contributed by atoms with Crippen LogP contribution in [0.3, 0.4) is 0 Å². The Morgan fingerprint density at radius 2 is 1.78 bits per heavy atom. The fraction of sp³-hybridized carbons (Fsp3) is 0.400. The first-order valence-corrected chi connectivity index (χ1v) is 8.63. The average molecular weight is 310 g/mol. The quantitative estimate of drug-likeness (QED) is 0.821. The first kappa shape index (κ1) is 15.9. The van der Waals surface area contributed by atoms with Crippen LogP contribution in [-0.2, 0) is 6.42 Å². The summed E-state index contributed by atoms with van der Waals surface area (Å²) in [6.07, 6.45) is 6.54. The van der Waals surface area contributed by atoms with E-state index < -0.39 is 0 Å². The fourth-order valence-corrected chi connectivity index (χ4v) is 3.19. The maximum atomic E-state index is 6.00. The van der Waals surface area contributed by atoms with Crippen molar-refractivity contribution in [1.29, 1.82) is 0 Å². The number of hydrogen-bond acceptors (Lipinski definition) is 3. The summed E-state index contributed by atoms with van der Waals surface area (Å²) in [5.74, 6) is 0.853. The van der Waals surface area contributed by atoms with Gasteiger partial charge in [-0.1, -0.05) is 36.8 Å². The van der Waals surface area contributed by atoms with Gasteiger partial charge in [-0.25, -0.2) is 0 Å². The molecule has 4 rings (SSSR count). The lowest BCUT2D eigenvalue weighted by Gasteiger charge is -2.15. The van der Waals surface area contributed by atoms with Crippen LogP contribution in [0.4, 0.5) is 5.69 Å². The van der Waals surface area contributed by atoms with E-state index in [4.69, 9.17) is 10.5 Å². The molecule has 1 fully saturated rings. The Bertz CT molecular complexity index is 611. The molecule has 1 aliphatic heterocycles. The minimum absolute atomic E-state index is 0.174. The van der Waals surface area contributed by atoms with E-state index in [9.17, 15) is 0 Å². The van der Waals surface area contributed by atoms with Gasteiger partial charge in [0.25, 0.3) is 0 Å². The Hall–Kier alpha value is -2.00. The monoisotopic (exact) mass is 310 g/mol. The largest absolute Gasteiger partial charge is 0.486 e. The number of fused-ring (bicyclic) bond motifs is 1. The molecule has 3 heteroatoms. The van der Waals surface area contributed by atoms with E-state index in [1.165, 1.54) is 43.5 Å². The number of hydrogen-bond donors (Lipinski definition) is 2. The average Bonchev–Trinajstić information content (AvgIpc) is 3.00. The molecule has 2 aromatic carbocycles. The number of nitrogens with one attached hydrogen (secondary N) is 1. The molecule has 0 amide bonds. The summed E-state index contributed by atoms with van der Waals surface area (Å²) >= 11 is 0. The van der Waals surface area contributed by atoms with Gasteiger partial charge in [0, 0.05) is 11.8 Å². The fourth-order valence-electron chi connectivity index (χ4n) is 3.19. The molecule has 1 aliphatic carbocycles. The Kier molecular flexibility index (Phi) is 5.54. The molecule has 0 saturated carbocycles. The summed E-state index contributed by atoms with van der Waals surface area (Å²) in [5.41, 5.74) is 9.21. The third kappa shape index (κ3) is 4.49. The highest BCUT2D eigenvalue weighted by atomic mass is 16.5. The lowest BCUT2D eigenvalue weighted by atomic mass is 10.1. The Morgan fingerprint density at radius 3 is 2.48 bits per heavy atom. The van der Waals surface area contributed by atoms with E-state index in [1.54, 1.807) is 0 Å². The molecule has 0 spiro atoms. The van der Waals surface area contributed by atoms with Crippen LogP contribution in [0.2, 0.25) is 0 Å². The van der Waals surface area contributed by atoms with Gasteiger partial charge in [-0.15, -0.1) is 0 Å². The van der Waals surface area contributed by atoms with Crippen LogP contribution >= 0.6 is 0 Å². The summed E-state index contributed by atoms with van der Waals surface area (Å²) in [5, 5.41) is 3.28. The third-order valence-electron chi connectivity index (χ3n) is 4.42. The number of aryl methyl sites for hydroxylation is 1. The van der Waals surface area contributed by atoms with Crippen molar-refractivity contribution < 1.29 is 4.74 Å². The lowest BCUT2D eigenvalue weighted by Crippen LogP contribution is -2.21. The van der Waals surface area contributed by atoms with Crippen LogP contribution in [0.5, 0.6) is 5.75 Å². The molecule has 1 saturated heterocycles. The van der Waals surface area contributed by atoms with Crippen molar-refractivity contribution in [3.63, 3.8) is 0 Å². The van der Waals surface area contributed by atoms with Gasteiger partial charge < -0.3 is 15.8 Å². The summed E-state index contributed by atoms with van der Waals surface area (Å²) in [6.45, 7) is 2.50. The van der Waals surface area contributed by atoms with Gasteiger partial charge in [-0.2, -0.15) is 0 Å². The highest BCUT2D eigenvalue weighted by Gasteiger charge is 2.23. The minimum atomic E-state index is 0.174. The SMILES string of the molecule is C1CCNCC1.Nc1cccc(OC2CCc3ccccc32)c1. The molecule has 0 aromatic heterocycles. The second kappa shape index (κ2) is 8.02. The maximum Gasteiger partial charge on any atom is 0.124 e. The van der Waals surface area contributed by atoms with Gasteiger partial charge in [0.05, 0.1) is 0 Å². The third-order valence-corrected chi connectivity index (χ3v) is 4.42. The number of nitrogen functional groups attached to an aromatic ring is 1. The molecule has 0 bridgehead atoms. The van der Waals surface area contributed by atoms with E-state index in [-0.39, 0.29) is 6.10 Å². The van der Waals surface area contributed by atoms with Crippen LogP contribution in [0.15, 0.2) is 48.5 Å². The molecular weight excluding hydrogens is 284 g/mol. The van der Waals surface area contributed by atoms with Crippen molar-refractivity contribution in [2.24, 2.45) is 0 Å². The van der Waals surface area contributed by atoms with Gasteiger partial charge in [-0.05, 0) is 62.0 Å². The Balaban J connectivity index is 0.000000220. The van der Waals surface area contributed by atoms with Crippen molar-refractivity contribution in [3.05, 3.63) is 59.7 Å². The van der Waals surface area contributed by atoms with E-state index in [2.05, 4.69) is 29.6 Å². The van der Waals surface area contributed by atoms with E-state index in [0.29, 0.717) is 0 Å². The number of anilines is 1. The zero-order valence-electron chi connectivity index (χ0n) is 13.6. The van der Waals surface area contributed by atoms with Crippen molar-refractivity contribution >= 4 is 5.69 Å². The van der Waals surface area contributed by atoms with Crippen LogP contribution in [0.25, 0.3) is 0 Å². The van der Waals surface area contributed by atoms with Gasteiger partial charge in [0.2, 0.25) is 0 Å². The Labute approximate surface area is 138 Å². The molecular formula is C20H26N2O. The number of ether oxygens (including phenoxy) is 1. The van der Waals surface area contributed by atoms with Crippen molar-refractivity contribution in [3.8, 4) is 5.75 Å². The van der Waals surface area contributed by atoms with Gasteiger partial charge in [0.1, 0.15) is 11.9 Å². The first-order valence-electron chi connectivity index (χ1n) is 8.63. The molecule has 122 valence electrons. The second-order valence-electron chi connectivity index (χ2n) is 6.23. The number of piperidine rings is 1. The smallest absolute Gasteiger partial charge is 0.124 e. The van der Waals surface area contributed by atoms with E-state index in [1.807, 2.05) is 24.3 Å². The standard InChI is InChI=1S/C15H15NO.C5H11N/c16-12-5-3-6-13(10-12)17-15-9-8-11-4-1-2-7-14(11)15;1-2-4-6-5-3-1/h1-7,10,15H,8-9,16H2;6H,1-5H2. The molecule has 3 N–H and O–H groups in total. The van der Waals surface area contributed by atoms with E-state index in [0.717, 1.165) is 24.3 Å². The Morgan fingerprint density at radius 1 is 0.957 bits per heavy atom. The molecule has 2 aromatic rings. The van der Waals surface area contributed by atoms with Crippen LogP contribution in [0, 0.1) is 0 Å². The molecule has 23 heavy (non-hydrogen) atoms. The molecule has 1 heterocycles. The summed E-state index contributed by atoms with van der Waals surface area (Å²) in [6, 6.07) is 16.1. The predicted molar refractivity (Wildman–Crippen MR) is 95.7 cm³/mol. The van der Waals surface area contributed by atoms with Crippen molar-refractivity contribution in [2.45, 2.75) is 38.2 Å². The lowest BCUT2D eigenvalue weighted by molar-refractivity contribution is 0.208. The minimum Gasteiger partial charge on any atom is -0.486 e. The van der Waals surface area contributed by atoms with Crippen LogP contribution < -0.4 is 15.8 Å². The van der Waals surface area contributed by atoms with Crippen LogP contribution in [-0.4, -0.2) is 13.1 Å². The summed E-state index contributed by atoms with van der Waals surface area (Å²) < 4.78 is 6.00. The van der Waals surface area contributed by atoms with Crippen molar-refractivity contribution in [2.75, 3.05) is 18.8 Å². The zero-order valence-corrected chi connectivity index (χ0v) is 13.6. The number of rotatable bonds is 2. The number of benzene rings is 2. The zero-order chi connectivity index (χ0) is 15.9. The number of nitrogens with two attached hydrogens (primary N) is 1. The molecule has 3 nitrogen and oxygen atoms in total. The normalized spacial score (nSPS) is 19.4. The summed E-state index contributed by atoms with van der Waals surface area (Å²) in [7, 11) is 0. The predicted octanol–water partition coefficient (Wildman–Crippen LogP) is 4.10. The highest BCUT2D eigenvalue weighted by molar-refractivity contribution is 5.44. The highest BCUT2D eigenvalue weighted by Crippen LogP contribution is 2.34. The molecule has 1 atom stereocenters. The first-order chi connectivity index (χ1) is 11.3. The van der Waals surface area contributed by atoms with Crippen LogP contribution in [0.1, 0.15) is 42.9 Å². The van der Waals surface area contributed by atoms with Gasteiger partial charge in [0.15, 0.2) is 0 Å². The van der Waals surface area contributed by atoms with E-state index >= 15 is 0 Å². The summed E-state index contributed by atoms with van der Waals surface area (Å²) in [4.78, 5) is 0. The molecule has 2 aliphatic rings. The van der Waals surface area contributed by atoms with Gasteiger partial charge >= 0.3 is 0 Å². The second-order valence-corrected chi connectivity index (χ2v) is 6.23. The van der Waals surface area contributed by atoms with Crippen molar-refractivity contribution in [1.82, 2.24) is 5.32 Å². The molecule has 0 radical (unpaired) electrons. The van der Waals surface area contributed by atoms with Gasteiger partial charge in [-0.3, -0.25) is 0 Å².